The molecule has 0 saturated heterocycles. The van der Waals surface area contributed by atoms with Crippen molar-refractivity contribution in [3.63, 3.8) is 0 Å². The second-order valence-corrected chi connectivity index (χ2v) is 7.68. The summed E-state index contributed by atoms with van der Waals surface area (Å²) in [6.45, 7) is 0. The summed E-state index contributed by atoms with van der Waals surface area (Å²) in [5, 5.41) is 0. The Bertz CT molecular complexity index is 256. The Morgan fingerprint density at radius 2 is 1.50 bits per heavy atom. The molecule has 2 rings (SSSR count). The van der Waals surface area contributed by atoms with Gasteiger partial charge in [-0.05, 0) is 0 Å². The molecule has 1 aliphatic heterocycles. The van der Waals surface area contributed by atoms with E-state index in [0.717, 1.165) is 14.6 Å². The average molecular weight is 224 g/mol. The van der Waals surface area contributed by atoms with Crippen LogP contribution >= 0.6 is 56.5 Å². The number of hydrogen-bond acceptors (Lipinski definition) is 5. The lowest BCUT2D eigenvalue weighted by atomic mass is 10.5. The van der Waals surface area contributed by atoms with Crippen LogP contribution in [0, 0.1) is 3.14 Å². The predicted octanol–water partition coefficient (Wildman–Crippen LogP) is 3.93. The lowest BCUT2D eigenvalue weighted by molar-refractivity contribution is 1.42. The van der Waals surface area contributed by atoms with E-state index in [2.05, 4.69) is 0 Å². The summed E-state index contributed by atoms with van der Waals surface area (Å²) in [4.78, 5) is 3.03. The van der Waals surface area contributed by atoms with E-state index < -0.39 is 0 Å². The van der Waals surface area contributed by atoms with Crippen LogP contribution in [0.25, 0.3) is 0 Å². The van der Waals surface area contributed by atoms with Gasteiger partial charge in [-0.3, -0.25) is 0 Å². The average Bonchev–Trinajstić information content (AvgIpc) is 2.27. The van der Waals surface area contributed by atoms with Crippen molar-refractivity contribution < 1.29 is 0 Å². The molecule has 1 aromatic heterocycles. The molecular formula is C5H4S5. The summed E-state index contributed by atoms with van der Waals surface area (Å²) in [7, 11) is 3.88. The maximum Gasteiger partial charge on any atom is 0.144 e. The fourth-order valence-electron chi connectivity index (χ4n) is 0.746. The molecule has 5 heteroatoms. The molecule has 0 aromatic carbocycles. The maximum absolute atomic E-state index is 5.10. The molecule has 0 N–H and O–H groups in total. The van der Waals surface area contributed by atoms with Gasteiger partial charge in [0.15, 0.2) is 0 Å². The van der Waals surface area contributed by atoms with Crippen molar-refractivity contribution in [1.82, 2.24) is 0 Å². The van der Waals surface area contributed by atoms with Crippen molar-refractivity contribution >= 4 is 56.5 Å². The Kier molecular flexibility index (Phi) is 2.39. The maximum atomic E-state index is 5.10. The molecule has 0 fully saturated rings. The Labute approximate surface area is 80.5 Å². The smallest absolute Gasteiger partial charge is 0.117 e. The molecule has 0 atom stereocenters. The Balaban J connectivity index is 2.50. The SMILES string of the molecule is S=c1sc2c(s1)CSSC2. The first-order chi connectivity index (χ1) is 4.86. The summed E-state index contributed by atoms with van der Waals surface area (Å²) in [6, 6.07) is 0. The molecule has 0 unspecified atom stereocenters. The largest absolute Gasteiger partial charge is 0.144 e. The molecule has 0 saturated carbocycles. The van der Waals surface area contributed by atoms with Crippen molar-refractivity contribution in [2.45, 2.75) is 11.5 Å². The highest BCUT2D eigenvalue weighted by atomic mass is 33.1. The first-order valence-electron chi connectivity index (χ1n) is 2.72. The van der Waals surface area contributed by atoms with Crippen LogP contribution in [-0.4, -0.2) is 0 Å². The van der Waals surface area contributed by atoms with Gasteiger partial charge in [-0.25, -0.2) is 0 Å². The van der Waals surface area contributed by atoms with Crippen molar-refractivity contribution in [2.24, 2.45) is 0 Å². The van der Waals surface area contributed by atoms with Crippen molar-refractivity contribution in [1.29, 1.82) is 0 Å². The zero-order valence-corrected chi connectivity index (χ0v) is 9.04. The first kappa shape index (κ1) is 7.61. The zero-order valence-electron chi connectivity index (χ0n) is 4.96. The van der Waals surface area contributed by atoms with Crippen molar-refractivity contribution in [2.75, 3.05) is 0 Å². The van der Waals surface area contributed by atoms with Gasteiger partial charge in [0.05, 0.1) is 0 Å². The number of fused-ring (bicyclic) bond motifs is 1. The topological polar surface area (TPSA) is 0 Å². The summed E-state index contributed by atoms with van der Waals surface area (Å²) in [5.41, 5.74) is 0. The van der Waals surface area contributed by atoms with Crippen LogP contribution in [0.4, 0.5) is 0 Å². The van der Waals surface area contributed by atoms with E-state index in [1.165, 1.54) is 9.75 Å². The fourth-order valence-corrected chi connectivity index (χ4v) is 6.54. The van der Waals surface area contributed by atoms with E-state index in [1.54, 1.807) is 22.7 Å². The van der Waals surface area contributed by atoms with E-state index in [9.17, 15) is 0 Å². The van der Waals surface area contributed by atoms with Crippen molar-refractivity contribution in [3.05, 3.63) is 12.9 Å². The second kappa shape index (κ2) is 3.15. The third kappa shape index (κ3) is 1.43. The quantitative estimate of drug-likeness (QED) is 0.484. The minimum absolute atomic E-state index is 1.09. The van der Waals surface area contributed by atoms with Gasteiger partial charge in [0.1, 0.15) is 3.14 Å². The molecule has 0 radical (unpaired) electrons. The molecule has 1 aromatic rings. The van der Waals surface area contributed by atoms with Gasteiger partial charge in [-0.1, -0.05) is 33.8 Å². The van der Waals surface area contributed by atoms with Crippen LogP contribution in [0.5, 0.6) is 0 Å². The molecule has 0 spiro atoms. The Morgan fingerprint density at radius 1 is 1.00 bits per heavy atom. The fraction of sp³-hybridized carbons (Fsp3) is 0.400. The van der Waals surface area contributed by atoms with Crippen LogP contribution in [0.1, 0.15) is 9.75 Å². The zero-order chi connectivity index (χ0) is 6.97. The van der Waals surface area contributed by atoms with Gasteiger partial charge in [-0.15, -0.1) is 22.7 Å². The van der Waals surface area contributed by atoms with Crippen molar-refractivity contribution in [3.8, 4) is 0 Å². The van der Waals surface area contributed by atoms with E-state index >= 15 is 0 Å². The normalized spacial score (nSPS) is 16.8. The third-order valence-corrected chi connectivity index (χ3v) is 6.48. The molecular weight excluding hydrogens is 220 g/mol. The van der Waals surface area contributed by atoms with E-state index in [0.29, 0.717) is 0 Å². The summed E-state index contributed by atoms with van der Waals surface area (Å²) in [5.74, 6) is 2.33. The minimum Gasteiger partial charge on any atom is -0.117 e. The van der Waals surface area contributed by atoms with Gasteiger partial charge >= 0.3 is 0 Å². The monoisotopic (exact) mass is 224 g/mol. The molecule has 0 nitrogen and oxygen atoms in total. The Hall–Kier alpha value is 0.970. The number of hydrogen-bond donors (Lipinski definition) is 0. The predicted molar refractivity (Wildman–Crippen MR) is 55.6 cm³/mol. The molecule has 0 aliphatic carbocycles. The van der Waals surface area contributed by atoms with E-state index in [-0.39, 0.29) is 0 Å². The molecule has 2 heterocycles. The highest BCUT2D eigenvalue weighted by molar-refractivity contribution is 8.76. The van der Waals surface area contributed by atoms with Crippen LogP contribution in [0.2, 0.25) is 0 Å². The standard InChI is InChI=1S/C5H4S5/c6-5-9-3-1-7-8-2-4(3)10-5/h1-2H2. The van der Waals surface area contributed by atoms with E-state index in [4.69, 9.17) is 12.2 Å². The molecule has 0 bridgehead atoms. The molecule has 1 aliphatic rings. The van der Waals surface area contributed by atoms with Crippen LogP contribution in [-0.2, 0) is 11.5 Å². The molecule has 10 heavy (non-hydrogen) atoms. The number of rotatable bonds is 0. The highest BCUT2D eigenvalue weighted by Gasteiger charge is 2.12. The first-order valence-corrected chi connectivity index (χ1v) is 7.25. The van der Waals surface area contributed by atoms with Gasteiger partial charge in [0, 0.05) is 21.3 Å². The second-order valence-electron chi connectivity index (χ2n) is 1.82. The van der Waals surface area contributed by atoms with E-state index in [1.807, 2.05) is 21.6 Å². The highest BCUT2D eigenvalue weighted by Crippen LogP contribution is 2.42. The van der Waals surface area contributed by atoms with Gasteiger partial charge < -0.3 is 0 Å². The van der Waals surface area contributed by atoms with Gasteiger partial charge in [0.2, 0.25) is 0 Å². The molecule has 0 amide bonds. The van der Waals surface area contributed by atoms with Crippen LogP contribution in [0.3, 0.4) is 0 Å². The Morgan fingerprint density at radius 3 is 2.00 bits per heavy atom. The third-order valence-electron chi connectivity index (χ3n) is 1.19. The van der Waals surface area contributed by atoms with Gasteiger partial charge in [0.25, 0.3) is 0 Å². The molecule has 54 valence electrons. The lowest BCUT2D eigenvalue weighted by Crippen LogP contribution is -1.84. The van der Waals surface area contributed by atoms with Gasteiger partial charge in [-0.2, -0.15) is 0 Å². The van der Waals surface area contributed by atoms with Crippen LogP contribution < -0.4 is 0 Å². The summed E-state index contributed by atoms with van der Waals surface area (Å²) >= 11 is 8.68. The lowest BCUT2D eigenvalue weighted by Gasteiger charge is -2.06. The van der Waals surface area contributed by atoms with Crippen LogP contribution in [0.15, 0.2) is 0 Å². The minimum atomic E-state index is 1.09. The summed E-state index contributed by atoms with van der Waals surface area (Å²) in [6.07, 6.45) is 0. The summed E-state index contributed by atoms with van der Waals surface area (Å²) < 4.78 is 1.09.